The van der Waals surface area contributed by atoms with Crippen LogP contribution < -0.4 is 16.4 Å². The van der Waals surface area contributed by atoms with Gasteiger partial charge in [0, 0.05) is 48.6 Å². The first-order valence-corrected chi connectivity index (χ1v) is 13.2. The van der Waals surface area contributed by atoms with Crippen molar-refractivity contribution in [3.63, 3.8) is 0 Å². The van der Waals surface area contributed by atoms with E-state index in [9.17, 15) is 19.2 Å². The zero-order valence-corrected chi connectivity index (χ0v) is 21.7. The number of aromatic amines is 1. The number of hydrogen-bond acceptors (Lipinski definition) is 4. The fourth-order valence-corrected chi connectivity index (χ4v) is 5.39. The molecular weight excluding hydrogens is 472 g/mol. The van der Waals surface area contributed by atoms with E-state index in [2.05, 4.69) is 15.6 Å². The lowest BCUT2D eigenvalue weighted by molar-refractivity contribution is -0.147. The number of nitrogens with zero attached hydrogens (tertiary/aromatic N) is 2. The first-order chi connectivity index (χ1) is 17.7. The van der Waals surface area contributed by atoms with E-state index in [1.165, 1.54) is 0 Å². The first-order valence-electron chi connectivity index (χ1n) is 13.2. The van der Waals surface area contributed by atoms with E-state index in [1.54, 1.807) is 9.80 Å². The Morgan fingerprint density at radius 2 is 1.78 bits per heavy atom. The molecule has 0 unspecified atom stereocenters. The third-order valence-corrected chi connectivity index (χ3v) is 7.38. The molecule has 2 aromatic rings. The molecule has 0 spiro atoms. The summed E-state index contributed by atoms with van der Waals surface area (Å²) in [5.41, 5.74) is 7.48. The summed E-state index contributed by atoms with van der Waals surface area (Å²) >= 11 is 0. The number of amides is 5. The van der Waals surface area contributed by atoms with Crippen molar-refractivity contribution >= 4 is 34.7 Å². The molecule has 1 saturated carbocycles. The van der Waals surface area contributed by atoms with Crippen molar-refractivity contribution in [1.82, 2.24) is 25.4 Å². The van der Waals surface area contributed by atoms with Crippen LogP contribution in [0, 0.1) is 5.92 Å². The molecule has 2 aliphatic rings. The molecule has 2 heterocycles. The molecule has 1 aliphatic carbocycles. The number of carbonyl (C=O) groups excluding carboxylic acids is 4. The summed E-state index contributed by atoms with van der Waals surface area (Å²) in [5.74, 6) is -1.29. The van der Waals surface area contributed by atoms with Gasteiger partial charge in [-0.1, -0.05) is 37.5 Å². The third kappa shape index (κ3) is 6.23. The molecule has 0 bridgehead atoms. The summed E-state index contributed by atoms with van der Waals surface area (Å²) in [6.07, 6.45) is 6.76. The normalized spacial score (nSPS) is 19.6. The first kappa shape index (κ1) is 26.5. The Morgan fingerprint density at radius 3 is 2.49 bits per heavy atom. The Labute approximate surface area is 217 Å². The molecular formula is C27H38N6O4. The average Bonchev–Trinajstić information content (AvgIpc) is 3.30. The van der Waals surface area contributed by atoms with Gasteiger partial charge in [-0.15, -0.1) is 0 Å². The van der Waals surface area contributed by atoms with E-state index < -0.39 is 23.9 Å². The summed E-state index contributed by atoms with van der Waals surface area (Å²) in [5, 5.41) is 6.61. The fourth-order valence-electron chi connectivity index (χ4n) is 5.39. The van der Waals surface area contributed by atoms with Gasteiger partial charge in [0.05, 0.1) is 6.54 Å². The second-order valence-corrected chi connectivity index (χ2v) is 10.5. The summed E-state index contributed by atoms with van der Waals surface area (Å²) in [6.45, 7) is 4.40. The van der Waals surface area contributed by atoms with Gasteiger partial charge in [0.1, 0.15) is 12.1 Å². The average molecular weight is 511 g/mol. The molecule has 37 heavy (non-hydrogen) atoms. The Kier molecular flexibility index (Phi) is 8.35. The van der Waals surface area contributed by atoms with E-state index in [1.807, 2.05) is 44.3 Å². The number of urea groups is 1. The fraction of sp³-hybridized carbons (Fsp3) is 0.556. The highest BCUT2D eigenvalue weighted by Gasteiger charge is 2.40. The van der Waals surface area contributed by atoms with Crippen LogP contribution in [0.25, 0.3) is 10.9 Å². The smallest absolute Gasteiger partial charge is 0.317 e. The van der Waals surface area contributed by atoms with Crippen LogP contribution in [0.15, 0.2) is 30.5 Å². The van der Waals surface area contributed by atoms with Gasteiger partial charge < -0.3 is 31.2 Å². The number of nitrogens with one attached hydrogen (secondary N) is 3. The van der Waals surface area contributed by atoms with Gasteiger partial charge in [-0.25, -0.2) is 4.79 Å². The largest absolute Gasteiger partial charge is 0.368 e. The predicted octanol–water partition coefficient (Wildman–Crippen LogP) is 1.89. The molecule has 1 aliphatic heterocycles. The highest BCUT2D eigenvalue weighted by molar-refractivity contribution is 5.93. The number of benzene rings is 1. The Hall–Kier alpha value is -3.56. The van der Waals surface area contributed by atoms with Gasteiger partial charge in [0.25, 0.3) is 0 Å². The van der Waals surface area contributed by atoms with Crippen molar-refractivity contribution in [2.24, 2.45) is 11.7 Å². The van der Waals surface area contributed by atoms with Crippen molar-refractivity contribution in [3.05, 3.63) is 36.0 Å². The number of hydrogen-bond donors (Lipinski definition) is 4. The number of fused-ring (bicyclic) bond motifs is 1. The zero-order valence-electron chi connectivity index (χ0n) is 21.7. The van der Waals surface area contributed by atoms with Crippen molar-refractivity contribution in [1.29, 1.82) is 0 Å². The van der Waals surface area contributed by atoms with Crippen LogP contribution in [0.1, 0.15) is 51.5 Å². The highest BCUT2D eigenvalue weighted by Crippen LogP contribution is 2.27. The number of nitrogens with two attached hydrogens (primary N) is 1. The molecule has 5 N–H and O–H groups in total. The summed E-state index contributed by atoms with van der Waals surface area (Å²) in [7, 11) is 0. The zero-order chi connectivity index (χ0) is 26.5. The van der Waals surface area contributed by atoms with Crippen LogP contribution in [0.3, 0.4) is 0 Å². The highest BCUT2D eigenvalue weighted by atomic mass is 16.2. The Bertz CT molecular complexity index is 1140. The van der Waals surface area contributed by atoms with Crippen molar-refractivity contribution < 1.29 is 19.2 Å². The van der Waals surface area contributed by atoms with Crippen LogP contribution in [-0.4, -0.2) is 76.3 Å². The van der Waals surface area contributed by atoms with E-state index in [4.69, 9.17) is 5.73 Å². The molecule has 1 saturated heterocycles. The molecule has 200 valence electrons. The maximum absolute atomic E-state index is 13.6. The Balaban J connectivity index is 1.53. The molecule has 0 radical (unpaired) electrons. The van der Waals surface area contributed by atoms with E-state index in [0.717, 1.165) is 48.6 Å². The molecule has 2 fully saturated rings. The lowest BCUT2D eigenvalue weighted by atomic mass is 9.87. The van der Waals surface area contributed by atoms with Crippen molar-refractivity contribution in [3.8, 4) is 0 Å². The van der Waals surface area contributed by atoms with Gasteiger partial charge in [-0.3, -0.25) is 14.4 Å². The molecule has 1 aromatic heterocycles. The van der Waals surface area contributed by atoms with Crippen LogP contribution in [0.4, 0.5) is 4.79 Å². The minimum atomic E-state index is -0.960. The number of rotatable bonds is 7. The molecule has 10 nitrogen and oxygen atoms in total. The van der Waals surface area contributed by atoms with Gasteiger partial charge in [-0.2, -0.15) is 0 Å². The minimum absolute atomic E-state index is 0.0454. The number of primary amides is 1. The van der Waals surface area contributed by atoms with Gasteiger partial charge in [-0.05, 0) is 38.3 Å². The van der Waals surface area contributed by atoms with Crippen molar-refractivity contribution in [2.75, 3.05) is 19.6 Å². The summed E-state index contributed by atoms with van der Waals surface area (Å²) in [6, 6.07) is 5.51. The lowest BCUT2D eigenvalue weighted by Crippen LogP contribution is -2.65. The number of carbonyl (C=O) groups is 4. The monoisotopic (exact) mass is 510 g/mol. The molecule has 5 amide bonds. The van der Waals surface area contributed by atoms with Crippen LogP contribution in [0.5, 0.6) is 0 Å². The third-order valence-electron chi connectivity index (χ3n) is 7.38. The predicted molar refractivity (Wildman–Crippen MR) is 140 cm³/mol. The second-order valence-electron chi connectivity index (χ2n) is 10.5. The Morgan fingerprint density at radius 1 is 1.05 bits per heavy atom. The van der Waals surface area contributed by atoms with Gasteiger partial charge in [0.15, 0.2) is 0 Å². The van der Waals surface area contributed by atoms with Crippen LogP contribution in [0.2, 0.25) is 0 Å². The maximum atomic E-state index is 13.6. The van der Waals surface area contributed by atoms with Gasteiger partial charge >= 0.3 is 6.03 Å². The number of piperazine rings is 1. The molecule has 2 atom stereocenters. The van der Waals surface area contributed by atoms with E-state index in [0.29, 0.717) is 6.54 Å². The number of para-hydroxylation sites is 1. The number of H-pyrrole nitrogens is 1. The van der Waals surface area contributed by atoms with Crippen LogP contribution in [-0.2, 0) is 20.8 Å². The lowest BCUT2D eigenvalue weighted by Gasteiger charge is -2.42. The summed E-state index contributed by atoms with van der Waals surface area (Å²) < 4.78 is 0. The van der Waals surface area contributed by atoms with Crippen LogP contribution >= 0.6 is 0 Å². The quantitative estimate of drug-likeness (QED) is 0.451. The minimum Gasteiger partial charge on any atom is -0.368 e. The SMILES string of the molecule is CC(C)NC(=O)N1CCN(C(=O)C2CCCCC2)[C@@H](C(=O)N[C@H](Cc2c[nH]c3ccccc23)C(N)=O)C1. The molecule has 10 heteroatoms. The topological polar surface area (TPSA) is 141 Å². The molecule has 4 rings (SSSR count). The van der Waals surface area contributed by atoms with E-state index >= 15 is 0 Å². The standard InChI is InChI=1S/C27H38N6O4/c1-17(2)30-27(37)32-12-13-33(26(36)18-8-4-3-5-9-18)23(16-32)25(35)31-22(24(28)34)14-19-15-29-21-11-7-6-10-20(19)21/h6-7,10-11,15,17-18,22-23,29H,3-5,8-9,12-14,16H2,1-2H3,(H2,28,34)(H,30,37)(H,31,35)/t22-,23-/m1/s1. The van der Waals surface area contributed by atoms with E-state index in [-0.39, 0.29) is 43.4 Å². The maximum Gasteiger partial charge on any atom is 0.317 e. The van der Waals surface area contributed by atoms with Crippen molar-refractivity contribution in [2.45, 2.75) is 70.5 Å². The summed E-state index contributed by atoms with van der Waals surface area (Å²) in [4.78, 5) is 58.5. The van der Waals surface area contributed by atoms with Gasteiger partial charge in [0.2, 0.25) is 17.7 Å². The number of aromatic nitrogens is 1. The second kappa shape index (κ2) is 11.7. The molecule has 1 aromatic carbocycles.